The maximum absolute atomic E-state index is 11.0. The minimum Gasteiger partial charge on any atom is -0.500 e. The zero-order valence-corrected chi connectivity index (χ0v) is 8.90. The first kappa shape index (κ1) is 13.4. The summed E-state index contributed by atoms with van der Waals surface area (Å²) in [5.74, 6) is -1.40. The van der Waals surface area contributed by atoms with Gasteiger partial charge in [0.2, 0.25) is 5.75 Å². The van der Waals surface area contributed by atoms with Gasteiger partial charge in [0.05, 0.1) is 12.8 Å². The van der Waals surface area contributed by atoms with E-state index in [2.05, 4.69) is 9.84 Å². The molecule has 1 aromatic rings. The van der Waals surface area contributed by atoms with E-state index in [4.69, 9.17) is 9.52 Å². The number of hydrogen-bond acceptors (Lipinski definition) is 7. The number of aromatic hydroxyl groups is 1. The van der Waals surface area contributed by atoms with Crippen molar-refractivity contribution >= 4 is 18.2 Å². The van der Waals surface area contributed by atoms with Gasteiger partial charge in [0, 0.05) is 6.07 Å². The van der Waals surface area contributed by atoms with Crippen LogP contribution in [0.25, 0.3) is 0 Å². The number of hydrazone groups is 1. The third-order valence-electron chi connectivity index (χ3n) is 1.94. The number of rotatable bonds is 3. The number of carbonyl (C=O) groups excluding carboxylic acids is 1. The molecule has 0 radical (unpaired) electrons. The van der Waals surface area contributed by atoms with Crippen molar-refractivity contribution in [3.05, 3.63) is 21.9 Å². The Kier molecular flexibility index (Phi) is 3.84. The van der Waals surface area contributed by atoms with Gasteiger partial charge in [-0.1, -0.05) is 0 Å². The molecule has 1 amide bonds. The van der Waals surface area contributed by atoms with E-state index in [-0.39, 0.29) is 17.8 Å². The highest BCUT2D eigenvalue weighted by molar-refractivity contribution is 5.79. The molecular formula is C8H9N3O7. The van der Waals surface area contributed by atoms with E-state index in [1.165, 1.54) is 0 Å². The van der Waals surface area contributed by atoms with Crippen LogP contribution in [0.1, 0.15) is 5.76 Å². The molecule has 1 aliphatic rings. The first-order valence-corrected chi connectivity index (χ1v) is 4.53. The standard InChI is InChI=1S/C8H7N3O6.H2O/c12-6-3-5(17-7(6)11(14)15)4-9-10-1-2-16-8(10)13;/h3-4,12H,1-2H2;1H2/b9-4+;. The van der Waals surface area contributed by atoms with Crippen LogP contribution >= 0.6 is 0 Å². The van der Waals surface area contributed by atoms with Gasteiger partial charge in [0.25, 0.3) is 0 Å². The van der Waals surface area contributed by atoms with Crippen LogP contribution in [0, 0.1) is 10.1 Å². The Morgan fingerprint density at radius 1 is 1.61 bits per heavy atom. The Labute approximate surface area is 99.5 Å². The molecule has 0 spiro atoms. The summed E-state index contributed by atoms with van der Waals surface area (Å²) in [5.41, 5.74) is 0. The second-order valence-corrected chi connectivity index (χ2v) is 3.08. The molecule has 3 N–H and O–H groups in total. The molecule has 1 aliphatic heterocycles. The van der Waals surface area contributed by atoms with E-state index in [9.17, 15) is 14.9 Å². The molecule has 1 aromatic heterocycles. The van der Waals surface area contributed by atoms with Crippen LogP contribution in [0.4, 0.5) is 10.7 Å². The lowest BCUT2D eigenvalue weighted by molar-refractivity contribution is -0.403. The fourth-order valence-corrected chi connectivity index (χ4v) is 1.20. The van der Waals surface area contributed by atoms with Gasteiger partial charge in [0.1, 0.15) is 11.5 Å². The highest BCUT2D eigenvalue weighted by atomic mass is 16.7. The fraction of sp³-hybridized carbons (Fsp3) is 0.250. The van der Waals surface area contributed by atoms with E-state index in [0.717, 1.165) is 17.3 Å². The van der Waals surface area contributed by atoms with Crippen molar-refractivity contribution in [2.75, 3.05) is 13.2 Å². The van der Waals surface area contributed by atoms with Crippen LogP contribution in [-0.4, -0.2) is 46.0 Å². The summed E-state index contributed by atoms with van der Waals surface area (Å²) in [7, 11) is 0. The Bertz CT molecular complexity index is 495. The average molecular weight is 259 g/mol. The van der Waals surface area contributed by atoms with Crippen LogP contribution in [0.3, 0.4) is 0 Å². The quantitative estimate of drug-likeness (QED) is 0.453. The number of nitrogens with zero attached hydrogens (tertiary/aromatic N) is 3. The molecule has 10 heteroatoms. The Balaban J connectivity index is 0.00000162. The van der Waals surface area contributed by atoms with Crippen molar-refractivity contribution in [3.8, 4) is 5.75 Å². The summed E-state index contributed by atoms with van der Waals surface area (Å²) in [5, 5.41) is 24.2. The van der Waals surface area contributed by atoms with Crippen LogP contribution in [0.2, 0.25) is 0 Å². The van der Waals surface area contributed by atoms with Gasteiger partial charge < -0.3 is 19.7 Å². The van der Waals surface area contributed by atoms with Gasteiger partial charge >= 0.3 is 12.0 Å². The van der Waals surface area contributed by atoms with Crippen LogP contribution < -0.4 is 0 Å². The normalized spacial score (nSPS) is 14.7. The average Bonchev–Trinajstić information content (AvgIpc) is 2.82. The smallest absolute Gasteiger partial charge is 0.476 e. The molecule has 0 saturated carbocycles. The van der Waals surface area contributed by atoms with Gasteiger partial charge in [-0.05, 0) is 0 Å². The van der Waals surface area contributed by atoms with Crippen molar-refractivity contribution in [2.24, 2.45) is 5.10 Å². The lowest BCUT2D eigenvalue weighted by atomic mass is 10.4. The summed E-state index contributed by atoms with van der Waals surface area (Å²) in [6.07, 6.45) is 0.478. The summed E-state index contributed by atoms with van der Waals surface area (Å²) < 4.78 is 9.30. The van der Waals surface area contributed by atoms with Crippen molar-refractivity contribution in [3.63, 3.8) is 0 Å². The summed E-state index contributed by atoms with van der Waals surface area (Å²) in [4.78, 5) is 20.5. The van der Waals surface area contributed by atoms with Crippen LogP contribution in [0.5, 0.6) is 5.75 Å². The van der Waals surface area contributed by atoms with Gasteiger partial charge in [-0.2, -0.15) is 10.1 Å². The van der Waals surface area contributed by atoms with Gasteiger partial charge in [-0.25, -0.2) is 4.79 Å². The van der Waals surface area contributed by atoms with Crippen LogP contribution in [-0.2, 0) is 4.74 Å². The maximum Gasteiger partial charge on any atom is 0.476 e. The molecule has 2 heterocycles. The SMILES string of the molecule is O.O=C1OCCN1/N=C/c1cc(O)c([N+](=O)[O-])o1. The summed E-state index contributed by atoms with van der Waals surface area (Å²) >= 11 is 0. The molecule has 18 heavy (non-hydrogen) atoms. The Hall–Kier alpha value is -2.62. The molecule has 98 valence electrons. The molecule has 0 bridgehead atoms. The number of nitro groups is 1. The van der Waals surface area contributed by atoms with E-state index in [1.54, 1.807) is 0 Å². The number of amides is 1. The van der Waals surface area contributed by atoms with E-state index >= 15 is 0 Å². The maximum atomic E-state index is 11.0. The number of ether oxygens (including phenoxy) is 1. The lowest BCUT2D eigenvalue weighted by Gasteiger charge is -2.01. The highest BCUT2D eigenvalue weighted by Crippen LogP contribution is 2.28. The van der Waals surface area contributed by atoms with E-state index < -0.39 is 22.7 Å². The minimum absolute atomic E-state index is 0. The Morgan fingerprint density at radius 2 is 2.33 bits per heavy atom. The molecule has 0 aromatic carbocycles. The van der Waals surface area contributed by atoms with E-state index in [1.807, 2.05) is 0 Å². The minimum atomic E-state index is -0.864. The van der Waals surface area contributed by atoms with Gasteiger partial charge in [-0.3, -0.25) is 10.1 Å². The molecule has 1 fully saturated rings. The first-order chi connectivity index (χ1) is 8.08. The predicted molar refractivity (Wildman–Crippen MR) is 56.3 cm³/mol. The Morgan fingerprint density at radius 3 is 2.83 bits per heavy atom. The fourth-order valence-electron chi connectivity index (χ4n) is 1.20. The number of furan rings is 1. The molecule has 0 atom stereocenters. The molecular weight excluding hydrogens is 250 g/mol. The topological polar surface area (TPSA) is 150 Å². The van der Waals surface area contributed by atoms with Gasteiger partial charge in [-0.15, -0.1) is 0 Å². The molecule has 10 nitrogen and oxygen atoms in total. The zero-order chi connectivity index (χ0) is 12.4. The molecule has 1 saturated heterocycles. The second kappa shape index (κ2) is 5.14. The van der Waals surface area contributed by atoms with E-state index in [0.29, 0.717) is 6.54 Å². The zero-order valence-electron chi connectivity index (χ0n) is 8.90. The number of hydrogen-bond donors (Lipinski definition) is 1. The highest BCUT2D eigenvalue weighted by Gasteiger charge is 2.22. The molecule has 0 aliphatic carbocycles. The lowest BCUT2D eigenvalue weighted by Crippen LogP contribution is -2.17. The summed E-state index contributed by atoms with van der Waals surface area (Å²) in [6.45, 7) is 0.532. The first-order valence-electron chi connectivity index (χ1n) is 4.53. The number of carbonyl (C=O) groups is 1. The molecule has 2 rings (SSSR count). The predicted octanol–water partition coefficient (Wildman–Crippen LogP) is -0.145. The van der Waals surface area contributed by atoms with Crippen LogP contribution in [0.15, 0.2) is 15.6 Å². The van der Waals surface area contributed by atoms with Crippen molar-refractivity contribution in [1.82, 2.24) is 5.01 Å². The van der Waals surface area contributed by atoms with Crippen molar-refractivity contribution in [2.45, 2.75) is 0 Å². The second-order valence-electron chi connectivity index (χ2n) is 3.08. The third-order valence-corrected chi connectivity index (χ3v) is 1.94. The summed E-state index contributed by atoms with van der Waals surface area (Å²) in [6, 6.07) is 1.03. The monoisotopic (exact) mass is 259 g/mol. The number of cyclic esters (lactones) is 1. The molecule has 0 unspecified atom stereocenters. The third kappa shape index (κ3) is 2.55. The largest absolute Gasteiger partial charge is 0.500 e. The van der Waals surface area contributed by atoms with Crippen molar-refractivity contribution < 1.29 is 29.5 Å². The van der Waals surface area contributed by atoms with Gasteiger partial charge in [0.15, 0.2) is 5.76 Å². The van der Waals surface area contributed by atoms with Crippen molar-refractivity contribution in [1.29, 1.82) is 0 Å².